The molecule has 0 aliphatic rings. The predicted molar refractivity (Wildman–Crippen MR) is 133 cm³/mol. The Hall–Kier alpha value is -2.68. The monoisotopic (exact) mass is 434 g/mol. The van der Waals surface area contributed by atoms with Crippen LogP contribution < -0.4 is 0 Å². The molecule has 3 heteroatoms. The second kappa shape index (κ2) is 10.3. The number of allylic oxidation sites excluding steroid dienone is 2. The number of hydrogen-bond acceptors (Lipinski definition) is 3. The van der Waals surface area contributed by atoms with Crippen molar-refractivity contribution in [3.05, 3.63) is 75.0 Å². The van der Waals surface area contributed by atoms with E-state index >= 15 is 0 Å². The Bertz CT molecular complexity index is 992. The minimum absolute atomic E-state index is 0.194. The maximum atomic E-state index is 12.8. The van der Waals surface area contributed by atoms with Gasteiger partial charge in [-0.25, -0.2) is 0 Å². The smallest absolute Gasteiger partial charge is 0.316 e. The highest BCUT2D eigenvalue weighted by Crippen LogP contribution is 2.32. The second-order valence-electron chi connectivity index (χ2n) is 10.4. The summed E-state index contributed by atoms with van der Waals surface area (Å²) in [5.74, 6) is 0.333. The number of benzene rings is 2. The summed E-state index contributed by atoms with van der Waals surface area (Å²) in [7, 11) is 0. The fourth-order valence-electron chi connectivity index (χ4n) is 4.32. The maximum Gasteiger partial charge on any atom is 0.316 e. The fraction of sp³-hybridized carbons (Fsp3) is 0.448. The molecule has 3 nitrogen and oxygen atoms in total. The molecule has 0 N–H and O–H groups in total. The molecular weight excluding hydrogens is 396 g/mol. The van der Waals surface area contributed by atoms with Gasteiger partial charge < -0.3 is 4.74 Å². The topological polar surface area (TPSA) is 43.4 Å². The lowest BCUT2D eigenvalue weighted by atomic mass is 9.89. The summed E-state index contributed by atoms with van der Waals surface area (Å²) >= 11 is 0. The Balaban J connectivity index is 2.51. The van der Waals surface area contributed by atoms with E-state index in [1.54, 1.807) is 0 Å². The molecule has 0 radical (unpaired) electrons. The van der Waals surface area contributed by atoms with Crippen molar-refractivity contribution in [2.45, 2.75) is 75.2 Å². The number of aryl methyl sites for hydroxylation is 5. The van der Waals surface area contributed by atoms with Crippen molar-refractivity contribution in [1.29, 1.82) is 0 Å². The quantitative estimate of drug-likeness (QED) is 0.204. The molecule has 0 aliphatic carbocycles. The highest BCUT2D eigenvalue weighted by molar-refractivity contribution is 6.09. The van der Waals surface area contributed by atoms with Crippen LogP contribution in [0.3, 0.4) is 0 Å². The van der Waals surface area contributed by atoms with Gasteiger partial charge in [0.25, 0.3) is 0 Å². The van der Waals surface area contributed by atoms with Gasteiger partial charge in [0.05, 0.1) is 11.0 Å². The molecule has 0 aliphatic heterocycles. The zero-order chi connectivity index (χ0) is 24.2. The van der Waals surface area contributed by atoms with Crippen molar-refractivity contribution in [1.82, 2.24) is 0 Å². The van der Waals surface area contributed by atoms with Gasteiger partial charge in [-0.1, -0.05) is 53.9 Å². The fourth-order valence-corrected chi connectivity index (χ4v) is 4.32. The second-order valence-corrected chi connectivity index (χ2v) is 10.4. The lowest BCUT2D eigenvalue weighted by Gasteiger charge is -2.23. The first-order valence-electron chi connectivity index (χ1n) is 11.4. The Morgan fingerprint density at radius 1 is 0.906 bits per heavy atom. The molecular formula is C29H38O3. The van der Waals surface area contributed by atoms with Gasteiger partial charge in [0.15, 0.2) is 6.29 Å². The van der Waals surface area contributed by atoms with Crippen LogP contribution in [-0.2, 0) is 20.7 Å². The van der Waals surface area contributed by atoms with Gasteiger partial charge in [-0.2, -0.15) is 0 Å². The molecule has 1 atom stereocenters. The molecule has 0 saturated heterocycles. The molecule has 172 valence electrons. The number of ether oxygens (including phenoxy) is 1. The van der Waals surface area contributed by atoms with Gasteiger partial charge in [-0.15, -0.1) is 0 Å². The van der Waals surface area contributed by atoms with Crippen molar-refractivity contribution in [2.75, 3.05) is 0 Å². The van der Waals surface area contributed by atoms with E-state index in [2.05, 4.69) is 51.1 Å². The minimum atomic E-state index is -0.659. The Morgan fingerprint density at radius 3 is 1.88 bits per heavy atom. The van der Waals surface area contributed by atoms with E-state index in [1.165, 1.54) is 16.7 Å². The molecule has 2 rings (SSSR count). The summed E-state index contributed by atoms with van der Waals surface area (Å²) in [5, 5.41) is 0. The van der Waals surface area contributed by atoms with E-state index in [9.17, 15) is 9.59 Å². The summed E-state index contributed by atoms with van der Waals surface area (Å²) in [6, 6.07) is 10.7. The predicted octanol–water partition coefficient (Wildman–Crippen LogP) is 7.00. The molecule has 0 amide bonds. The Morgan fingerprint density at radius 2 is 1.41 bits per heavy atom. The first-order chi connectivity index (χ1) is 14.8. The normalized spacial score (nSPS) is 13.4. The highest BCUT2D eigenvalue weighted by Gasteiger charge is 2.27. The standard InChI is InChI=1S/C29H38O3/c1-18-10-19(2)14-24(13-18)15-21(4)16-26(32-28(31)29(7,8)9)25(17-30)27-22(5)11-20(3)12-23(27)6/h10-14,17,21H,15-16H2,1-9H3. The average molecular weight is 435 g/mol. The molecule has 0 spiro atoms. The average Bonchev–Trinajstić information content (AvgIpc) is 2.62. The van der Waals surface area contributed by atoms with Crippen LogP contribution >= 0.6 is 0 Å². The molecule has 2 aromatic carbocycles. The van der Waals surface area contributed by atoms with Crippen LogP contribution in [0.15, 0.2) is 36.1 Å². The lowest BCUT2D eigenvalue weighted by Crippen LogP contribution is -2.24. The molecule has 0 fully saturated rings. The maximum absolute atomic E-state index is 12.8. The molecule has 32 heavy (non-hydrogen) atoms. The van der Waals surface area contributed by atoms with Gasteiger partial charge in [-0.05, 0) is 90.0 Å². The number of rotatable bonds is 7. The number of carbonyl (C=O) groups is 2. The van der Waals surface area contributed by atoms with Crippen LogP contribution in [0.25, 0.3) is 5.57 Å². The van der Waals surface area contributed by atoms with Crippen LogP contribution in [0.4, 0.5) is 0 Å². The summed E-state index contributed by atoms with van der Waals surface area (Å²) in [4.78, 5) is 25.2. The van der Waals surface area contributed by atoms with Crippen molar-refractivity contribution in [3.63, 3.8) is 0 Å². The number of carbonyl (C=O) groups excluding carboxylic acids is 2. The summed E-state index contributed by atoms with van der Waals surface area (Å²) in [6.07, 6.45) is 2.20. The van der Waals surface area contributed by atoms with Crippen molar-refractivity contribution in [3.8, 4) is 0 Å². The van der Waals surface area contributed by atoms with Crippen LogP contribution in [-0.4, -0.2) is 12.3 Å². The molecule has 0 saturated carbocycles. The molecule has 0 aromatic heterocycles. The van der Waals surface area contributed by atoms with Crippen molar-refractivity contribution >= 4 is 17.8 Å². The third-order valence-corrected chi connectivity index (χ3v) is 5.59. The van der Waals surface area contributed by atoms with Gasteiger partial charge in [-0.3, -0.25) is 9.59 Å². The summed E-state index contributed by atoms with van der Waals surface area (Å²) in [5.41, 5.74) is 7.58. The van der Waals surface area contributed by atoms with Crippen LogP contribution in [0.2, 0.25) is 0 Å². The van der Waals surface area contributed by atoms with E-state index in [4.69, 9.17) is 4.74 Å². The number of esters is 1. The van der Waals surface area contributed by atoms with E-state index < -0.39 is 5.41 Å². The van der Waals surface area contributed by atoms with Gasteiger partial charge in [0.2, 0.25) is 0 Å². The molecule has 0 heterocycles. The van der Waals surface area contributed by atoms with Gasteiger partial charge in [0.1, 0.15) is 5.76 Å². The van der Waals surface area contributed by atoms with Crippen LogP contribution in [0.5, 0.6) is 0 Å². The number of aldehydes is 1. The first-order valence-corrected chi connectivity index (χ1v) is 11.4. The van der Waals surface area contributed by atoms with Gasteiger partial charge >= 0.3 is 5.97 Å². The van der Waals surface area contributed by atoms with E-state index in [1.807, 2.05) is 41.5 Å². The summed E-state index contributed by atoms with van der Waals surface area (Å²) in [6.45, 7) is 17.9. The molecule has 2 aromatic rings. The Labute approximate surface area is 193 Å². The van der Waals surface area contributed by atoms with Crippen LogP contribution in [0, 0.1) is 46.0 Å². The largest absolute Gasteiger partial charge is 0.430 e. The zero-order valence-electron chi connectivity index (χ0n) is 21.2. The molecule has 0 bridgehead atoms. The first kappa shape index (κ1) is 25.6. The Kier molecular flexibility index (Phi) is 8.23. The summed E-state index contributed by atoms with van der Waals surface area (Å²) < 4.78 is 5.93. The lowest BCUT2D eigenvalue weighted by molar-refractivity contribution is -0.148. The third kappa shape index (κ3) is 6.66. The third-order valence-electron chi connectivity index (χ3n) is 5.59. The SMILES string of the molecule is Cc1cc(C)cc(CC(C)CC(OC(=O)C(C)(C)C)=C(C=O)c2c(C)cc(C)cc2C)c1. The van der Waals surface area contributed by atoms with E-state index in [0.29, 0.717) is 17.8 Å². The van der Waals surface area contributed by atoms with Crippen molar-refractivity contribution < 1.29 is 14.3 Å². The van der Waals surface area contributed by atoms with Crippen molar-refractivity contribution in [2.24, 2.45) is 11.3 Å². The minimum Gasteiger partial charge on any atom is -0.430 e. The van der Waals surface area contributed by atoms with E-state index in [0.717, 1.165) is 35.0 Å². The number of hydrogen-bond donors (Lipinski definition) is 0. The molecule has 1 unspecified atom stereocenters. The zero-order valence-corrected chi connectivity index (χ0v) is 21.2. The van der Waals surface area contributed by atoms with Gasteiger partial charge in [0, 0.05) is 6.42 Å². The highest BCUT2D eigenvalue weighted by atomic mass is 16.5. The van der Waals surface area contributed by atoms with Crippen LogP contribution in [0.1, 0.15) is 73.1 Å². The van der Waals surface area contributed by atoms with E-state index in [-0.39, 0.29) is 11.9 Å².